The molecule has 0 aliphatic rings. The third-order valence-corrected chi connectivity index (χ3v) is 5.50. The lowest BCUT2D eigenvalue weighted by molar-refractivity contribution is 0.100. The van der Waals surface area contributed by atoms with E-state index in [1.165, 1.54) is 30.3 Å². The standard InChI is InChI=1S/C24H23Cl2F2N5O/c25-17-6-1-15(2-7-17)23(34)33-24(31-13-16-5-10-19(28)11-20(16)26)32-22(30)12-21(29)14-3-8-18(27)9-4-14/h1-11,21-22H,12-13,29-30H2,(H2,31,32,33,34). The quantitative estimate of drug-likeness (QED) is 0.214. The third-order valence-electron chi connectivity index (χ3n) is 4.89. The summed E-state index contributed by atoms with van der Waals surface area (Å²) in [5.74, 6) is -1.28. The Kier molecular flexibility index (Phi) is 8.95. The number of carbonyl (C=O) groups is 1. The molecule has 34 heavy (non-hydrogen) atoms. The molecule has 3 rings (SSSR count). The van der Waals surface area contributed by atoms with Gasteiger partial charge in [-0.1, -0.05) is 41.4 Å². The number of amides is 1. The van der Waals surface area contributed by atoms with Crippen LogP contribution in [0.25, 0.3) is 0 Å². The van der Waals surface area contributed by atoms with Crippen molar-refractivity contribution in [1.29, 1.82) is 0 Å². The summed E-state index contributed by atoms with van der Waals surface area (Å²) in [5, 5.41) is 6.62. The third kappa shape index (κ3) is 7.50. The number of hydrogen-bond donors (Lipinski definition) is 4. The highest BCUT2D eigenvalue weighted by Gasteiger charge is 2.15. The number of rotatable bonds is 7. The highest BCUT2D eigenvalue weighted by molar-refractivity contribution is 6.31. The van der Waals surface area contributed by atoms with E-state index < -0.39 is 23.9 Å². The molecule has 2 unspecified atom stereocenters. The number of nitrogens with zero attached hydrogens (tertiary/aromatic N) is 1. The van der Waals surface area contributed by atoms with Gasteiger partial charge < -0.3 is 22.1 Å². The zero-order chi connectivity index (χ0) is 24.7. The van der Waals surface area contributed by atoms with Crippen LogP contribution < -0.4 is 22.1 Å². The summed E-state index contributed by atoms with van der Waals surface area (Å²) in [6.07, 6.45) is -0.438. The summed E-state index contributed by atoms with van der Waals surface area (Å²) >= 11 is 12.0. The van der Waals surface area contributed by atoms with Crippen LogP contribution >= 0.6 is 23.2 Å². The predicted octanol–water partition coefficient (Wildman–Crippen LogP) is 4.52. The molecule has 0 bridgehead atoms. The van der Waals surface area contributed by atoms with E-state index in [4.69, 9.17) is 34.7 Å². The highest BCUT2D eigenvalue weighted by Crippen LogP contribution is 2.18. The first kappa shape index (κ1) is 25.6. The molecule has 0 aromatic heterocycles. The SMILES string of the molecule is NC(CC(N)c1ccc(F)cc1)N/C(=N\C(=O)c1ccc(Cl)cc1)NCc1ccc(F)cc1Cl. The van der Waals surface area contributed by atoms with Gasteiger partial charge in [0.15, 0.2) is 0 Å². The first-order chi connectivity index (χ1) is 16.2. The molecule has 2 atom stereocenters. The lowest BCUT2D eigenvalue weighted by Gasteiger charge is -2.21. The van der Waals surface area contributed by atoms with Crippen molar-refractivity contribution in [2.45, 2.75) is 25.2 Å². The first-order valence-electron chi connectivity index (χ1n) is 10.3. The average molecular weight is 506 g/mol. The van der Waals surface area contributed by atoms with Gasteiger partial charge in [0.05, 0.1) is 6.17 Å². The molecule has 0 fully saturated rings. The van der Waals surface area contributed by atoms with Crippen LogP contribution in [0.3, 0.4) is 0 Å². The Morgan fingerprint density at radius 1 is 0.941 bits per heavy atom. The maximum atomic E-state index is 13.3. The van der Waals surface area contributed by atoms with E-state index in [2.05, 4.69) is 15.6 Å². The molecule has 1 amide bonds. The second-order valence-corrected chi connectivity index (χ2v) is 8.35. The highest BCUT2D eigenvalue weighted by atomic mass is 35.5. The van der Waals surface area contributed by atoms with Crippen molar-refractivity contribution in [2.24, 2.45) is 16.5 Å². The Labute approximate surface area is 206 Å². The van der Waals surface area contributed by atoms with Crippen LogP contribution in [0.15, 0.2) is 71.7 Å². The van der Waals surface area contributed by atoms with Crippen LogP contribution in [-0.4, -0.2) is 18.0 Å². The van der Waals surface area contributed by atoms with Gasteiger partial charge in [-0.25, -0.2) is 8.78 Å². The molecule has 0 saturated heterocycles. The topological polar surface area (TPSA) is 106 Å². The molecule has 3 aromatic carbocycles. The number of hydrogen-bond acceptors (Lipinski definition) is 3. The molecule has 3 aromatic rings. The Hall–Kier alpha value is -3.04. The Morgan fingerprint density at radius 3 is 2.24 bits per heavy atom. The van der Waals surface area contributed by atoms with Gasteiger partial charge in [0, 0.05) is 28.2 Å². The number of aliphatic imine (C=N–C) groups is 1. The number of benzene rings is 3. The van der Waals surface area contributed by atoms with Crippen molar-refractivity contribution in [2.75, 3.05) is 0 Å². The number of carbonyl (C=O) groups excluding carboxylic acids is 1. The molecule has 0 aliphatic carbocycles. The van der Waals surface area contributed by atoms with Gasteiger partial charge >= 0.3 is 0 Å². The minimum absolute atomic E-state index is 0.0825. The largest absolute Gasteiger partial charge is 0.352 e. The maximum Gasteiger partial charge on any atom is 0.280 e. The van der Waals surface area contributed by atoms with Crippen molar-refractivity contribution in [3.63, 3.8) is 0 Å². The van der Waals surface area contributed by atoms with Crippen molar-refractivity contribution < 1.29 is 13.6 Å². The fourth-order valence-corrected chi connectivity index (χ4v) is 3.44. The Morgan fingerprint density at radius 2 is 1.59 bits per heavy atom. The average Bonchev–Trinajstić information content (AvgIpc) is 2.79. The van der Waals surface area contributed by atoms with E-state index >= 15 is 0 Å². The maximum absolute atomic E-state index is 13.3. The van der Waals surface area contributed by atoms with Crippen LogP contribution in [0.4, 0.5) is 8.78 Å². The molecule has 0 saturated carbocycles. The van der Waals surface area contributed by atoms with E-state index in [0.29, 0.717) is 21.7 Å². The van der Waals surface area contributed by atoms with Crippen LogP contribution in [0.2, 0.25) is 10.0 Å². The number of guanidine groups is 1. The van der Waals surface area contributed by atoms with Gasteiger partial charge in [0.25, 0.3) is 5.91 Å². The zero-order valence-electron chi connectivity index (χ0n) is 17.9. The molecule has 0 radical (unpaired) electrons. The summed E-state index contributed by atoms with van der Waals surface area (Å²) < 4.78 is 26.5. The molecule has 10 heteroatoms. The van der Waals surface area contributed by atoms with Crippen LogP contribution in [0.5, 0.6) is 0 Å². The van der Waals surface area contributed by atoms with Crippen LogP contribution in [0.1, 0.15) is 33.9 Å². The van der Waals surface area contributed by atoms with E-state index in [0.717, 1.165) is 0 Å². The second-order valence-electron chi connectivity index (χ2n) is 7.51. The summed E-state index contributed by atoms with van der Waals surface area (Å²) in [4.78, 5) is 16.8. The van der Waals surface area contributed by atoms with Gasteiger partial charge in [0.1, 0.15) is 11.6 Å². The van der Waals surface area contributed by atoms with E-state index in [1.54, 1.807) is 36.4 Å². The normalized spacial score (nSPS) is 13.3. The molecular formula is C24H23Cl2F2N5O. The molecule has 178 valence electrons. The van der Waals surface area contributed by atoms with Gasteiger partial charge in [-0.05, 0) is 66.1 Å². The lowest BCUT2D eigenvalue weighted by Crippen LogP contribution is -2.49. The van der Waals surface area contributed by atoms with Gasteiger partial charge in [-0.15, -0.1) is 0 Å². The van der Waals surface area contributed by atoms with Gasteiger partial charge in [0.2, 0.25) is 5.96 Å². The van der Waals surface area contributed by atoms with Crippen molar-refractivity contribution in [3.05, 3.63) is 105 Å². The smallest absolute Gasteiger partial charge is 0.280 e. The zero-order valence-corrected chi connectivity index (χ0v) is 19.5. The van der Waals surface area contributed by atoms with E-state index in [1.807, 2.05) is 0 Å². The first-order valence-corrected chi connectivity index (χ1v) is 11.1. The molecule has 0 heterocycles. The van der Waals surface area contributed by atoms with Crippen molar-refractivity contribution in [3.8, 4) is 0 Å². The van der Waals surface area contributed by atoms with Gasteiger partial charge in [-0.2, -0.15) is 4.99 Å². The van der Waals surface area contributed by atoms with Crippen LogP contribution in [0, 0.1) is 11.6 Å². The minimum Gasteiger partial charge on any atom is -0.352 e. The molecule has 0 spiro atoms. The Bertz CT molecular complexity index is 1160. The predicted molar refractivity (Wildman–Crippen MR) is 131 cm³/mol. The molecule has 0 aliphatic heterocycles. The minimum atomic E-state index is -0.701. The second kappa shape index (κ2) is 11.9. The monoisotopic (exact) mass is 505 g/mol. The van der Waals surface area contributed by atoms with Crippen molar-refractivity contribution >= 4 is 35.1 Å². The number of nitrogens with two attached hydrogens (primary N) is 2. The molecule has 6 N–H and O–H groups in total. The van der Waals surface area contributed by atoms with E-state index in [-0.39, 0.29) is 29.8 Å². The molecular weight excluding hydrogens is 483 g/mol. The van der Waals surface area contributed by atoms with Crippen molar-refractivity contribution in [1.82, 2.24) is 10.6 Å². The fourth-order valence-electron chi connectivity index (χ4n) is 3.08. The van der Waals surface area contributed by atoms with E-state index in [9.17, 15) is 13.6 Å². The summed E-state index contributed by atoms with van der Waals surface area (Å²) in [6, 6.07) is 15.6. The fraction of sp³-hybridized carbons (Fsp3) is 0.167. The number of halogens is 4. The summed E-state index contributed by atoms with van der Waals surface area (Å²) in [6.45, 7) is 0.148. The lowest BCUT2D eigenvalue weighted by atomic mass is 10.0. The Balaban J connectivity index is 1.74. The number of nitrogens with one attached hydrogen (secondary N) is 2. The van der Waals surface area contributed by atoms with Crippen LogP contribution in [-0.2, 0) is 6.54 Å². The summed E-state index contributed by atoms with van der Waals surface area (Å²) in [7, 11) is 0. The molecule has 6 nitrogen and oxygen atoms in total. The van der Waals surface area contributed by atoms with Gasteiger partial charge in [-0.3, -0.25) is 4.79 Å². The summed E-state index contributed by atoms with van der Waals surface area (Å²) in [5.41, 5.74) is 14.0.